The van der Waals surface area contributed by atoms with Gasteiger partial charge in [0, 0.05) is 42.2 Å². The summed E-state index contributed by atoms with van der Waals surface area (Å²) in [5, 5.41) is 5.03. The van der Waals surface area contributed by atoms with Crippen molar-refractivity contribution in [2.24, 2.45) is 5.92 Å². The van der Waals surface area contributed by atoms with Crippen molar-refractivity contribution in [1.29, 1.82) is 0 Å². The first-order valence-electron chi connectivity index (χ1n) is 13.1. The van der Waals surface area contributed by atoms with Crippen molar-refractivity contribution in [3.05, 3.63) is 81.5 Å². The van der Waals surface area contributed by atoms with Crippen molar-refractivity contribution >= 4 is 17.5 Å². The number of nitrogens with one attached hydrogen (secondary N) is 3. The number of ether oxygens (including phenoxy) is 1. The Morgan fingerprint density at radius 3 is 2.59 bits per heavy atom. The molecule has 1 aliphatic rings. The minimum absolute atomic E-state index is 0.000101. The van der Waals surface area contributed by atoms with E-state index >= 15 is 0 Å². The van der Waals surface area contributed by atoms with Gasteiger partial charge < -0.3 is 25.3 Å². The topological polar surface area (TPSA) is 104 Å². The van der Waals surface area contributed by atoms with Crippen LogP contribution in [0.1, 0.15) is 34.8 Å². The summed E-state index contributed by atoms with van der Waals surface area (Å²) in [6.07, 6.45) is -2.96. The molecule has 218 valence electrons. The van der Waals surface area contributed by atoms with E-state index in [1.807, 2.05) is 7.05 Å². The van der Waals surface area contributed by atoms with Gasteiger partial charge in [0.15, 0.2) is 0 Å². The molecule has 3 N–H and O–H groups in total. The number of hydrogen-bond donors (Lipinski definition) is 3. The van der Waals surface area contributed by atoms with Crippen molar-refractivity contribution in [3.63, 3.8) is 0 Å². The first-order chi connectivity index (χ1) is 19.4. The normalized spacial score (nSPS) is 15.5. The standard InChI is InChI=1S/C29H30F4N4O4/c1-3-41-25-13-26(38)34-15-23(25)18-4-5-19(24(30)10-18)11-27(39)36-22-9-20(8-21(12-22)29(31,32)33)28(40)35-14-17-6-7-37(2)16-17/h4-5,8-10,12-13,15,17H,3,6-7,11,14,16H2,1-2H3,(H,34,38)(H,35,40)(H,36,39)/t17-/m0/s1. The molecule has 0 aliphatic carbocycles. The van der Waals surface area contributed by atoms with Crippen LogP contribution in [0.25, 0.3) is 11.1 Å². The van der Waals surface area contributed by atoms with Crippen LogP contribution in [0.2, 0.25) is 0 Å². The smallest absolute Gasteiger partial charge is 0.416 e. The molecule has 2 amide bonds. The monoisotopic (exact) mass is 574 g/mol. The lowest BCUT2D eigenvalue weighted by Crippen LogP contribution is -2.30. The molecule has 0 radical (unpaired) electrons. The van der Waals surface area contributed by atoms with Crippen molar-refractivity contribution in [3.8, 4) is 16.9 Å². The van der Waals surface area contributed by atoms with Gasteiger partial charge in [-0.25, -0.2) is 4.39 Å². The van der Waals surface area contributed by atoms with E-state index in [4.69, 9.17) is 4.74 Å². The average Bonchev–Trinajstić information content (AvgIpc) is 3.33. The zero-order valence-electron chi connectivity index (χ0n) is 22.5. The first kappa shape index (κ1) is 29.8. The van der Waals surface area contributed by atoms with Crippen LogP contribution >= 0.6 is 0 Å². The summed E-state index contributed by atoms with van der Waals surface area (Å²) in [5.41, 5.74) is -1.13. The number of hydrogen-bond acceptors (Lipinski definition) is 5. The predicted octanol–water partition coefficient (Wildman–Crippen LogP) is 4.46. The number of rotatable bonds is 9. The molecule has 4 rings (SSSR count). The van der Waals surface area contributed by atoms with Crippen LogP contribution in [-0.2, 0) is 17.4 Å². The molecule has 1 saturated heterocycles. The highest BCUT2D eigenvalue weighted by atomic mass is 19.4. The Hall–Kier alpha value is -4.19. The zero-order chi connectivity index (χ0) is 29.7. The molecule has 2 aromatic carbocycles. The number of halogens is 4. The summed E-state index contributed by atoms with van der Waals surface area (Å²) in [6.45, 7) is 4.00. The number of alkyl halides is 3. The number of aromatic nitrogens is 1. The number of aromatic amines is 1. The van der Waals surface area contributed by atoms with E-state index in [2.05, 4.69) is 20.5 Å². The quantitative estimate of drug-likeness (QED) is 0.328. The SMILES string of the molecule is CCOc1cc(=O)[nH]cc1-c1ccc(CC(=O)Nc2cc(C(=O)NC[C@@H]3CCN(C)C3)cc(C(F)(F)F)c2)c(F)c1. The van der Waals surface area contributed by atoms with Gasteiger partial charge in [-0.1, -0.05) is 12.1 Å². The molecule has 2 heterocycles. The number of anilines is 1. The van der Waals surface area contributed by atoms with Crippen LogP contribution in [0.4, 0.5) is 23.2 Å². The molecular weight excluding hydrogens is 544 g/mol. The van der Waals surface area contributed by atoms with Gasteiger partial charge in [0.1, 0.15) is 11.6 Å². The van der Waals surface area contributed by atoms with Gasteiger partial charge in [-0.2, -0.15) is 13.2 Å². The number of amides is 2. The maximum absolute atomic E-state index is 15.0. The highest BCUT2D eigenvalue weighted by Crippen LogP contribution is 2.33. The summed E-state index contributed by atoms with van der Waals surface area (Å²) in [5.74, 6) is -1.72. The third kappa shape index (κ3) is 7.72. The van der Waals surface area contributed by atoms with Crippen LogP contribution in [0.5, 0.6) is 5.75 Å². The van der Waals surface area contributed by atoms with Crippen molar-refractivity contribution in [2.75, 3.05) is 38.6 Å². The fourth-order valence-corrected chi connectivity index (χ4v) is 4.72. The van der Waals surface area contributed by atoms with E-state index in [1.165, 1.54) is 30.5 Å². The van der Waals surface area contributed by atoms with Gasteiger partial charge >= 0.3 is 6.18 Å². The molecule has 12 heteroatoms. The van der Waals surface area contributed by atoms with Crippen molar-refractivity contribution in [1.82, 2.24) is 15.2 Å². The second-order valence-corrected chi connectivity index (χ2v) is 9.96. The maximum Gasteiger partial charge on any atom is 0.416 e. The summed E-state index contributed by atoms with van der Waals surface area (Å²) >= 11 is 0. The maximum atomic E-state index is 15.0. The summed E-state index contributed by atoms with van der Waals surface area (Å²) in [7, 11) is 1.95. The second kappa shape index (κ2) is 12.5. The molecule has 1 atom stereocenters. The largest absolute Gasteiger partial charge is 0.493 e. The van der Waals surface area contributed by atoms with Gasteiger partial charge in [0.2, 0.25) is 5.91 Å². The number of pyridine rings is 1. The number of H-pyrrole nitrogens is 1. The summed E-state index contributed by atoms with van der Waals surface area (Å²) in [6, 6.07) is 7.95. The van der Waals surface area contributed by atoms with Crippen LogP contribution in [0, 0.1) is 11.7 Å². The highest BCUT2D eigenvalue weighted by molar-refractivity contribution is 5.98. The van der Waals surface area contributed by atoms with E-state index < -0.39 is 35.8 Å². The minimum Gasteiger partial charge on any atom is -0.493 e. The van der Waals surface area contributed by atoms with Gasteiger partial charge in [-0.05, 0) is 68.2 Å². The molecule has 3 aromatic rings. The second-order valence-electron chi connectivity index (χ2n) is 9.96. The van der Waals surface area contributed by atoms with Crippen LogP contribution in [0.3, 0.4) is 0 Å². The molecular formula is C29H30F4N4O4. The van der Waals surface area contributed by atoms with Crippen LogP contribution in [-0.4, -0.2) is 55.0 Å². The molecule has 41 heavy (non-hydrogen) atoms. The van der Waals surface area contributed by atoms with Crippen LogP contribution in [0.15, 0.2) is 53.5 Å². The fourth-order valence-electron chi connectivity index (χ4n) is 4.72. The Kier molecular flexibility index (Phi) is 9.11. The lowest BCUT2D eigenvalue weighted by molar-refractivity contribution is -0.137. The Morgan fingerprint density at radius 1 is 1.15 bits per heavy atom. The first-order valence-corrected chi connectivity index (χ1v) is 13.1. The van der Waals surface area contributed by atoms with Crippen molar-refractivity contribution in [2.45, 2.75) is 25.9 Å². The molecule has 1 fully saturated rings. The Labute approximate surface area is 233 Å². The Morgan fingerprint density at radius 2 is 1.93 bits per heavy atom. The Balaban J connectivity index is 1.49. The van der Waals surface area contributed by atoms with Gasteiger partial charge in [-0.3, -0.25) is 14.4 Å². The van der Waals surface area contributed by atoms with Gasteiger partial charge in [0.05, 0.1) is 18.6 Å². The average molecular weight is 575 g/mol. The fraction of sp³-hybridized carbons (Fsp3) is 0.345. The lowest BCUT2D eigenvalue weighted by atomic mass is 10.0. The number of carbonyl (C=O) groups is 2. The highest BCUT2D eigenvalue weighted by Gasteiger charge is 2.32. The van der Waals surface area contributed by atoms with E-state index in [1.54, 1.807) is 6.92 Å². The number of likely N-dealkylation sites (tertiary alicyclic amines) is 1. The summed E-state index contributed by atoms with van der Waals surface area (Å²) < 4.78 is 61.1. The zero-order valence-corrected chi connectivity index (χ0v) is 22.5. The lowest BCUT2D eigenvalue weighted by Gasteiger charge is -2.15. The molecule has 0 unspecified atom stereocenters. The molecule has 8 nitrogen and oxygen atoms in total. The third-order valence-corrected chi connectivity index (χ3v) is 6.75. The molecule has 1 aromatic heterocycles. The third-order valence-electron chi connectivity index (χ3n) is 6.75. The number of nitrogens with zero attached hydrogens (tertiary/aromatic N) is 1. The molecule has 1 aliphatic heterocycles. The van der Waals surface area contributed by atoms with E-state index in [0.29, 0.717) is 17.7 Å². The number of carbonyl (C=O) groups excluding carboxylic acids is 2. The molecule has 0 saturated carbocycles. The van der Waals surface area contributed by atoms with Crippen molar-refractivity contribution < 1.29 is 31.9 Å². The minimum atomic E-state index is -4.76. The van der Waals surface area contributed by atoms with Gasteiger partial charge in [0.25, 0.3) is 11.5 Å². The molecule has 0 bridgehead atoms. The molecule has 0 spiro atoms. The van der Waals surface area contributed by atoms with Gasteiger partial charge in [-0.15, -0.1) is 0 Å². The van der Waals surface area contributed by atoms with E-state index in [-0.39, 0.29) is 40.6 Å². The van der Waals surface area contributed by atoms with Crippen LogP contribution < -0.4 is 20.9 Å². The number of benzene rings is 2. The summed E-state index contributed by atoms with van der Waals surface area (Å²) in [4.78, 5) is 41.6. The predicted molar refractivity (Wildman–Crippen MR) is 145 cm³/mol. The van der Waals surface area contributed by atoms with E-state index in [9.17, 15) is 31.9 Å². The Bertz CT molecular complexity index is 1490. The van der Waals surface area contributed by atoms with E-state index in [0.717, 1.165) is 37.7 Å².